The van der Waals surface area contributed by atoms with Crippen LogP contribution in [0.2, 0.25) is 0 Å². The smallest absolute Gasteiger partial charge is 0.253 e. The second-order valence-electron chi connectivity index (χ2n) is 9.01. The Labute approximate surface area is 168 Å². The zero-order chi connectivity index (χ0) is 20.9. The van der Waals surface area contributed by atoms with Crippen LogP contribution in [0.3, 0.4) is 0 Å². The molecule has 3 amide bonds. The van der Waals surface area contributed by atoms with Gasteiger partial charge in [0, 0.05) is 36.3 Å². The average Bonchev–Trinajstić information content (AvgIpc) is 2.65. The van der Waals surface area contributed by atoms with Crippen molar-refractivity contribution in [3.05, 3.63) is 29.8 Å². The summed E-state index contributed by atoms with van der Waals surface area (Å²) in [4.78, 5) is 39.0. The van der Waals surface area contributed by atoms with Crippen LogP contribution in [0.5, 0.6) is 0 Å². The van der Waals surface area contributed by atoms with E-state index >= 15 is 0 Å². The monoisotopic (exact) mass is 387 g/mol. The molecule has 0 spiro atoms. The Bertz CT molecular complexity index is 705. The van der Waals surface area contributed by atoms with Gasteiger partial charge in [-0.05, 0) is 43.0 Å². The number of likely N-dealkylation sites (tertiary alicyclic amines) is 1. The zero-order valence-electron chi connectivity index (χ0n) is 17.7. The molecule has 0 aromatic heterocycles. The second-order valence-corrected chi connectivity index (χ2v) is 9.01. The number of anilines is 1. The predicted molar refractivity (Wildman–Crippen MR) is 111 cm³/mol. The molecular weight excluding hydrogens is 354 g/mol. The highest BCUT2D eigenvalue weighted by Crippen LogP contribution is 2.21. The van der Waals surface area contributed by atoms with Crippen LogP contribution in [0, 0.1) is 17.3 Å². The van der Waals surface area contributed by atoms with Gasteiger partial charge in [-0.15, -0.1) is 0 Å². The molecule has 2 N–H and O–H groups in total. The molecular formula is C22H33N3O3. The van der Waals surface area contributed by atoms with Gasteiger partial charge < -0.3 is 15.5 Å². The molecule has 1 aliphatic heterocycles. The highest BCUT2D eigenvalue weighted by molar-refractivity contribution is 5.97. The van der Waals surface area contributed by atoms with E-state index in [1.54, 1.807) is 29.2 Å². The Balaban J connectivity index is 1.97. The molecule has 6 heteroatoms. The van der Waals surface area contributed by atoms with Gasteiger partial charge in [-0.25, -0.2) is 0 Å². The van der Waals surface area contributed by atoms with E-state index in [2.05, 4.69) is 24.5 Å². The molecule has 1 aliphatic rings. The quantitative estimate of drug-likeness (QED) is 0.814. The minimum Gasteiger partial charge on any atom is -0.356 e. The highest BCUT2D eigenvalue weighted by atomic mass is 16.2. The molecule has 154 valence electrons. The van der Waals surface area contributed by atoms with E-state index in [1.807, 2.05) is 20.8 Å². The minimum absolute atomic E-state index is 0.0337. The summed E-state index contributed by atoms with van der Waals surface area (Å²) in [5.74, 6) is 0.142. The van der Waals surface area contributed by atoms with Crippen LogP contribution in [0.1, 0.15) is 57.8 Å². The summed E-state index contributed by atoms with van der Waals surface area (Å²) in [5, 5.41) is 5.83. The number of piperidine rings is 1. The van der Waals surface area contributed by atoms with Gasteiger partial charge in [-0.1, -0.05) is 34.6 Å². The fourth-order valence-electron chi connectivity index (χ4n) is 3.02. The van der Waals surface area contributed by atoms with E-state index in [-0.39, 0.29) is 23.6 Å². The fraction of sp³-hybridized carbons (Fsp3) is 0.591. The van der Waals surface area contributed by atoms with Crippen molar-refractivity contribution in [3.8, 4) is 0 Å². The minimum atomic E-state index is -0.479. The molecule has 0 aliphatic carbocycles. The van der Waals surface area contributed by atoms with E-state index in [9.17, 15) is 14.4 Å². The SMILES string of the molecule is CC(C)CNC(=O)C1CCCN(C(=O)c2ccc(NC(=O)C(C)(C)C)cc2)C1. The summed E-state index contributed by atoms with van der Waals surface area (Å²) in [6.07, 6.45) is 1.64. The molecule has 0 saturated carbocycles. The lowest BCUT2D eigenvalue weighted by atomic mass is 9.95. The summed E-state index contributed by atoms with van der Waals surface area (Å²) < 4.78 is 0. The Hall–Kier alpha value is -2.37. The standard InChI is InChI=1S/C22H33N3O3/c1-15(2)13-23-19(26)17-7-6-12-25(14-17)20(27)16-8-10-18(11-9-16)24-21(28)22(3,4)5/h8-11,15,17H,6-7,12-14H2,1-5H3,(H,23,26)(H,24,28). The molecule has 6 nitrogen and oxygen atoms in total. The molecule has 1 unspecified atom stereocenters. The molecule has 0 radical (unpaired) electrons. The number of rotatable bonds is 5. The van der Waals surface area contributed by atoms with Crippen LogP contribution in [0.4, 0.5) is 5.69 Å². The number of hydrogen-bond donors (Lipinski definition) is 2. The van der Waals surface area contributed by atoms with E-state index in [0.29, 0.717) is 36.8 Å². The molecule has 28 heavy (non-hydrogen) atoms. The third-order valence-electron chi connectivity index (χ3n) is 4.83. The molecule has 1 saturated heterocycles. The Morgan fingerprint density at radius 3 is 2.36 bits per heavy atom. The largest absolute Gasteiger partial charge is 0.356 e. The van der Waals surface area contributed by atoms with Crippen LogP contribution in [-0.2, 0) is 9.59 Å². The first-order valence-corrected chi connectivity index (χ1v) is 10.1. The first kappa shape index (κ1) is 21.9. The van der Waals surface area contributed by atoms with Crippen molar-refractivity contribution in [2.24, 2.45) is 17.3 Å². The Kier molecular flexibility index (Phi) is 7.22. The summed E-state index contributed by atoms with van der Waals surface area (Å²) in [6, 6.07) is 6.94. The van der Waals surface area contributed by atoms with Crippen molar-refractivity contribution in [1.82, 2.24) is 10.2 Å². The number of amides is 3. The summed E-state index contributed by atoms with van der Waals surface area (Å²) in [7, 11) is 0. The zero-order valence-corrected chi connectivity index (χ0v) is 17.7. The number of nitrogens with one attached hydrogen (secondary N) is 2. The maximum atomic E-state index is 12.8. The molecule has 1 aromatic carbocycles. The van der Waals surface area contributed by atoms with Gasteiger partial charge >= 0.3 is 0 Å². The lowest BCUT2D eigenvalue weighted by molar-refractivity contribution is -0.126. The molecule has 1 fully saturated rings. The molecule has 1 heterocycles. The van der Waals surface area contributed by atoms with Crippen LogP contribution in [-0.4, -0.2) is 42.3 Å². The third-order valence-corrected chi connectivity index (χ3v) is 4.83. The van der Waals surface area contributed by atoms with Crippen LogP contribution >= 0.6 is 0 Å². The van der Waals surface area contributed by atoms with Gasteiger partial charge in [-0.2, -0.15) is 0 Å². The Morgan fingerprint density at radius 2 is 1.79 bits per heavy atom. The van der Waals surface area contributed by atoms with Crippen molar-refractivity contribution in [1.29, 1.82) is 0 Å². The number of carbonyl (C=O) groups is 3. The molecule has 0 bridgehead atoms. The maximum absolute atomic E-state index is 12.8. The average molecular weight is 388 g/mol. The fourth-order valence-corrected chi connectivity index (χ4v) is 3.02. The van der Waals surface area contributed by atoms with E-state index in [1.165, 1.54) is 0 Å². The summed E-state index contributed by atoms with van der Waals surface area (Å²) >= 11 is 0. The molecule has 1 atom stereocenters. The second kappa shape index (κ2) is 9.22. The van der Waals surface area contributed by atoms with Crippen LogP contribution in [0.15, 0.2) is 24.3 Å². The molecule has 1 aromatic rings. The number of carbonyl (C=O) groups excluding carboxylic acids is 3. The van der Waals surface area contributed by atoms with Gasteiger partial charge in [-0.3, -0.25) is 14.4 Å². The first-order valence-electron chi connectivity index (χ1n) is 10.1. The van der Waals surface area contributed by atoms with E-state index in [0.717, 1.165) is 12.8 Å². The number of benzene rings is 1. The third kappa shape index (κ3) is 6.08. The van der Waals surface area contributed by atoms with Crippen molar-refractivity contribution in [2.45, 2.75) is 47.5 Å². The van der Waals surface area contributed by atoms with Gasteiger partial charge in [0.15, 0.2) is 0 Å². The van der Waals surface area contributed by atoms with Crippen LogP contribution < -0.4 is 10.6 Å². The van der Waals surface area contributed by atoms with E-state index < -0.39 is 5.41 Å². The summed E-state index contributed by atoms with van der Waals surface area (Å²) in [6.45, 7) is 11.4. The van der Waals surface area contributed by atoms with Crippen molar-refractivity contribution in [2.75, 3.05) is 25.0 Å². The Morgan fingerprint density at radius 1 is 1.14 bits per heavy atom. The van der Waals surface area contributed by atoms with Crippen molar-refractivity contribution in [3.63, 3.8) is 0 Å². The lowest BCUT2D eigenvalue weighted by Crippen LogP contribution is -2.46. The van der Waals surface area contributed by atoms with Gasteiger partial charge in [0.25, 0.3) is 5.91 Å². The summed E-state index contributed by atoms with van der Waals surface area (Å²) in [5.41, 5.74) is 0.756. The predicted octanol–water partition coefficient (Wildman–Crippen LogP) is 3.30. The van der Waals surface area contributed by atoms with Gasteiger partial charge in [0.2, 0.25) is 11.8 Å². The number of hydrogen-bond acceptors (Lipinski definition) is 3. The van der Waals surface area contributed by atoms with Gasteiger partial charge in [0.05, 0.1) is 5.92 Å². The topological polar surface area (TPSA) is 78.5 Å². The highest BCUT2D eigenvalue weighted by Gasteiger charge is 2.29. The molecule has 2 rings (SSSR count). The van der Waals surface area contributed by atoms with Crippen molar-refractivity contribution < 1.29 is 14.4 Å². The lowest BCUT2D eigenvalue weighted by Gasteiger charge is -2.32. The van der Waals surface area contributed by atoms with Crippen molar-refractivity contribution >= 4 is 23.4 Å². The van der Waals surface area contributed by atoms with E-state index in [4.69, 9.17) is 0 Å². The normalized spacial score (nSPS) is 17.4. The number of nitrogens with zero attached hydrogens (tertiary/aromatic N) is 1. The van der Waals surface area contributed by atoms with Gasteiger partial charge in [0.1, 0.15) is 0 Å². The van der Waals surface area contributed by atoms with Crippen LogP contribution in [0.25, 0.3) is 0 Å². The maximum Gasteiger partial charge on any atom is 0.253 e. The first-order chi connectivity index (χ1) is 13.1.